The largest absolute Gasteiger partial charge is 0.394 e. The quantitative estimate of drug-likeness (QED) is 0.480. The van der Waals surface area contributed by atoms with Gasteiger partial charge in [0.25, 0.3) is 5.91 Å². The Bertz CT molecular complexity index is 1420. The van der Waals surface area contributed by atoms with E-state index in [4.69, 9.17) is 4.74 Å². The normalized spacial score (nSPS) is 28.8. The molecular weight excluding hydrogens is 544 g/mol. The highest BCUT2D eigenvalue weighted by atomic mass is 16.5. The maximum atomic E-state index is 14.5. The molecule has 2 aromatic carbocycles. The highest BCUT2D eigenvalue weighted by molar-refractivity contribution is 6.06. The third-order valence-electron chi connectivity index (χ3n) is 9.43. The van der Waals surface area contributed by atoms with Crippen LogP contribution in [0.3, 0.4) is 0 Å². The van der Waals surface area contributed by atoms with Crippen LogP contribution in [0.5, 0.6) is 0 Å². The summed E-state index contributed by atoms with van der Waals surface area (Å²) in [6.07, 6.45) is 6.86. The van der Waals surface area contributed by atoms with Crippen LogP contribution in [0.2, 0.25) is 0 Å². The molecule has 9 heteroatoms. The minimum atomic E-state index is -1.33. The van der Waals surface area contributed by atoms with Crippen LogP contribution in [0, 0.1) is 11.8 Å². The van der Waals surface area contributed by atoms with Crippen molar-refractivity contribution in [2.45, 2.75) is 51.1 Å². The second kappa shape index (κ2) is 11.6. The van der Waals surface area contributed by atoms with E-state index in [1.165, 1.54) is 4.90 Å². The first-order valence-corrected chi connectivity index (χ1v) is 15.3. The summed E-state index contributed by atoms with van der Waals surface area (Å²) in [4.78, 5) is 50.2. The molecule has 0 bridgehead atoms. The number of nitrogens with zero attached hydrogens (tertiary/aromatic N) is 4. The Kier molecular flexibility index (Phi) is 7.87. The molecule has 0 aliphatic carbocycles. The van der Waals surface area contributed by atoms with Crippen molar-refractivity contribution < 1.29 is 24.2 Å². The van der Waals surface area contributed by atoms with Gasteiger partial charge in [0.15, 0.2) is 0 Å². The Morgan fingerprint density at radius 3 is 2.35 bits per heavy atom. The molecule has 4 aliphatic rings. The second-order valence-corrected chi connectivity index (χ2v) is 11.8. The summed E-state index contributed by atoms with van der Waals surface area (Å²) in [7, 11) is 0. The number of anilines is 2. The fraction of sp³-hybridized carbons (Fsp3) is 0.441. The number of likely N-dealkylation sites (tertiary alicyclic amines) is 1. The van der Waals surface area contributed by atoms with Gasteiger partial charge >= 0.3 is 0 Å². The second-order valence-electron chi connectivity index (χ2n) is 11.8. The standard InChI is InChI=1S/C34H40N4O5/c1-4-35(5-2)25-14-16-26(17-15-25)37-20-10-18-34-29(32(41)38(23(3)22-39)30(34)33(37)42)28-27(43-34)13-9-19-36(31(28)40)21-24-11-7-6-8-12-24/h6-18,23,27-30,39H,4-5,19-22H2,1-3H3/t23-,27+,28-,29+,30?,34+/m1/s1. The molecule has 2 fully saturated rings. The van der Waals surface area contributed by atoms with Crippen LogP contribution in [-0.4, -0.2) is 89.2 Å². The van der Waals surface area contributed by atoms with E-state index in [1.54, 1.807) is 16.7 Å². The van der Waals surface area contributed by atoms with Gasteiger partial charge in [0.1, 0.15) is 11.6 Å². The summed E-state index contributed by atoms with van der Waals surface area (Å²) < 4.78 is 6.72. The van der Waals surface area contributed by atoms with Crippen LogP contribution in [0.4, 0.5) is 11.4 Å². The van der Waals surface area contributed by atoms with Crippen molar-refractivity contribution in [3.05, 3.63) is 84.5 Å². The lowest BCUT2D eigenvalue weighted by Crippen LogP contribution is -2.57. The number of carbonyl (C=O) groups is 3. The van der Waals surface area contributed by atoms with E-state index in [9.17, 15) is 19.5 Å². The van der Waals surface area contributed by atoms with E-state index >= 15 is 0 Å². The zero-order valence-electron chi connectivity index (χ0n) is 25.0. The van der Waals surface area contributed by atoms with E-state index < -0.39 is 35.6 Å². The molecule has 2 aromatic rings. The Morgan fingerprint density at radius 2 is 1.67 bits per heavy atom. The van der Waals surface area contributed by atoms with Crippen molar-refractivity contribution in [3.63, 3.8) is 0 Å². The number of fused-ring (bicyclic) bond motifs is 2. The lowest BCUT2D eigenvalue weighted by molar-refractivity contribution is -0.146. The van der Waals surface area contributed by atoms with Crippen LogP contribution in [-0.2, 0) is 25.7 Å². The number of aliphatic hydroxyl groups excluding tert-OH is 1. The minimum Gasteiger partial charge on any atom is -0.394 e. The summed E-state index contributed by atoms with van der Waals surface area (Å²) in [5.74, 6) is -2.47. The fourth-order valence-corrected chi connectivity index (χ4v) is 7.30. The van der Waals surface area contributed by atoms with E-state index in [0.29, 0.717) is 25.3 Å². The monoisotopic (exact) mass is 584 g/mol. The van der Waals surface area contributed by atoms with Gasteiger partial charge in [0, 0.05) is 44.1 Å². The maximum Gasteiger partial charge on any atom is 0.253 e. The Morgan fingerprint density at radius 1 is 0.953 bits per heavy atom. The number of rotatable bonds is 8. The molecule has 226 valence electrons. The van der Waals surface area contributed by atoms with Crippen molar-refractivity contribution in [2.75, 3.05) is 42.6 Å². The number of hydrogen-bond acceptors (Lipinski definition) is 6. The summed E-state index contributed by atoms with van der Waals surface area (Å²) >= 11 is 0. The van der Waals surface area contributed by atoms with Crippen molar-refractivity contribution in [1.29, 1.82) is 0 Å². The minimum absolute atomic E-state index is 0.166. The molecule has 6 rings (SSSR count). The van der Waals surface area contributed by atoms with Gasteiger partial charge in [0.2, 0.25) is 11.8 Å². The Hall–Kier alpha value is -3.95. The lowest BCUT2D eigenvalue weighted by atomic mass is 9.77. The van der Waals surface area contributed by atoms with Gasteiger partial charge in [-0.05, 0) is 50.6 Å². The summed E-state index contributed by atoms with van der Waals surface area (Å²) in [5, 5.41) is 10.2. The number of amides is 3. The van der Waals surface area contributed by atoms with Crippen LogP contribution >= 0.6 is 0 Å². The molecule has 0 aromatic heterocycles. The van der Waals surface area contributed by atoms with E-state index in [0.717, 1.165) is 24.3 Å². The van der Waals surface area contributed by atoms with Crippen LogP contribution < -0.4 is 9.80 Å². The van der Waals surface area contributed by atoms with Crippen molar-refractivity contribution in [2.24, 2.45) is 11.8 Å². The van der Waals surface area contributed by atoms with Crippen molar-refractivity contribution in [3.8, 4) is 0 Å². The average Bonchev–Trinajstić information content (AvgIpc) is 3.36. The topological polar surface area (TPSA) is 93.6 Å². The first-order chi connectivity index (χ1) is 20.8. The molecule has 3 amide bonds. The first-order valence-electron chi connectivity index (χ1n) is 15.3. The van der Waals surface area contributed by atoms with Crippen molar-refractivity contribution in [1.82, 2.24) is 9.80 Å². The van der Waals surface area contributed by atoms with Gasteiger partial charge in [0.05, 0.1) is 30.6 Å². The van der Waals surface area contributed by atoms with Crippen LogP contribution in [0.15, 0.2) is 78.9 Å². The number of ether oxygens (including phenoxy) is 1. The van der Waals surface area contributed by atoms with Crippen LogP contribution in [0.1, 0.15) is 26.3 Å². The van der Waals surface area contributed by atoms with Gasteiger partial charge in [-0.2, -0.15) is 0 Å². The molecule has 43 heavy (non-hydrogen) atoms. The predicted octanol–water partition coefficient (Wildman–Crippen LogP) is 3.00. The molecular formula is C34H40N4O5. The molecule has 6 atom stereocenters. The van der Waals surface area contributed by atoms with E-state index in [-0.39, 0.29) is 24.3 Å². The van der Waals surface area contributed by atoms with E-state index in [1.807, 2.05) is 78.9 Å². The molecule has 1 N–H and O–H groups in total. The summed E-state index contributed by atoms with van der Waals surface area (Å²) in [6, 6.07) is 16.0. The van der Waals surface area contributed by atoms with Crippen molar-refractivity contribution >= 4 is 29.1 Å². The SMILES string of the molecule is CCN(CC)c1ccc(N2CC=C[C@]34O[C@H]5C=CCN(Cc6ccccc6)C(=O)[C@H]5[C@H]3C(=O)N([C@H](C)CO)C4C2=O)cc1. The van der Waals surface area contributed by atoms with Gasteiger partial charge in [-0.15, -0.1) is 0 Å². The summed E-state index contributed by atoms with van der Waals surface area (Å²) in [6.45, 7) is 8.48. The Balaban J connectivity index is 1.37. The first kappa shape index (κ1) is 29.1. The fourth-order valence-electron chi connectivity index (χ4n) is 7.30. The molecule has 4 aliphatic heterocycles. The van der Waals surface area contributed by atoms with Gasteiger partial charge in [-0.25, -0.2) is 0 Å². The third kappa shape index (κ3) is 4.75. The van der Waals surface area contributed by atoms with E-state index in [2.05, 4.69) is 18.7 Å². The predicted molar refractivity (Wildman–Crippen MR) is 164 cm³/mol. The van der Waals surface area contributed by atoms with Crippen LogP contribution in [0.25, 0.3) is 0 Å². The lowest BCUT2D eigenvalue weighted by Gasteiger charge is -2.37. The molecule has 1 unspecified atom stereocenters. The molecule has 2 saturated heterocycles. The van der Waals surface area contributed by atoms with Gasteiger partial charge < -0.3 is 29.4 Å². The molecule has 9 nitrogen and oxygen atoms in total. The summed E-state index contributed by atoms with van der Waals surface area (Å²) in [5.41, 5.74) is 1.44. The highest BCUT2D eigenvalue weighted by Gasteiger charge is 2.72. The van der Waals surface area contributed by atoms with Gasteiger partial charge in [-0.1, -0.05) is 54.6 Å². The number of benzene rings is 2. The number of aliphatic hydroxyl groups is 1. The maximum absolute atomic E-state index is 14.5. The zero-order chi connectivity index (χ0) is 30.3. The Labute approximate surface area is 253 Å². The third-order valence-corrected chi connectivity index (χ3v) is 9.43. The average molecular weight is 585 g/mol. The number of hydrogen-bond donors (Lipinski definition) is 1. The number of carbonyl (C=O) groups excluding carboxylic acids is 3. The highest BCUT2D eigenvalue weighted by Crippen LogP contribution is 2.54. The van der Waals surface area contributed by atoms with Gasteiger partial charge in [-0.3, -0.25) is 14.4 Å². The smallest absolute Gasteiger partial charge is 0.253 e. The molecule has 0 saturated carbocycles. The molecule has 4 heterocycles. The molecule has 1 spiro atoms. The molecule has 0 radical (unpaired) electrons. The zero-order valence-corrected chi connectivity index (χ0v) is 25.0.